The Bertz CT molecular complexity index is 594. The van der Waals surface area contributed by atoms with Crippen molar-refractivity contribution in [3.63, 3.8) is 0 Å². The van der Waals surface area contributed by atoms with Crippen LogP contribution in [0.4, 0.5) is 0 Å². The van der Waals surface area contributed by atoms with Crippen molar-refractivity contribution in [2.45, 2.75) is 12.5 Å². The van der Waals surface area contributed by atoms with Crippen molar-refractivity contribution in [3.05, 3.63) is 23.8 Å². The Morgan fingerprint density at radius 1 is 1.04 bits per heavy atom. The molecule has 7 nitrogen and oxygen atoms in total. The maximum atomic E-state index is 11.6. The summed E-state index contributed by atoms with van der Waals surface area (Å²) in [7, 11) is 4.37. The van der Waals surface area contributed by atoms with Gasteiger partial charge in [-0.15, -0.1) is 0 Å². The maximum Gasteiger partial charge on any atom is 0.307 e. The largest absolute Gasteiger partial charge is 0.493 e. The molecule has 0 fully saturated rings. The van der Waals surface area contributed by atoms with Gasteiger partial charge in [-0.05, 0) is 33.6 Å². The van der Waals surface area contributed by atoms with Gasteiger partial charge in [0.1, 0.15) is 0 Å². The molecule has 0 spiro atoms. The molecule has 1 amide bonds. The van der Waals surface area contributed by atoms with Crippen LogP contribution in [0.3, 0.4) is 0 Å². The number of benzene rings is 1. The molecule has 0 aliphatic carbocycles. The first kappa shape index (κ1) is 24.9. The minimum Gasteiger partial charge on any atom is -0.493 e. The summed E-state index contributed by atoms with van der Waals surface area (Å²) < 4.78 is 15.0. The van der Waals surface area contributed by atoms with Crippen LogP contribution in [0.5, 0.6) is 11.5 Å². The van der Waals surface area contributed by atoms with Gasteiger partial charge in [-0.3, -0.25) is 14.4 Å². The number of carbonyl (C=O) groups excluding carboxylic acids is 3. The summed E-state index contributed by atoms with van der Waals surface area (Å²) in [6.45, 7) is 0. The lowest BCUT2D eigenvalue weighted by Gasteiger charge is -2.19. The summed E-state index contributed by atoms with van der Waals surface area (Å²) in [4.78, 5) is 32.8. The highest BCUT2D eigenvalue weighted by molar-refractivity contribution is 9.19. The minimum atomic E-state index is -0.498. The zero-order valence-corrected chi connectivity index (χ0v) is 19.3. The summed E-state index contributed by atoms with van der Waals surface area (Å²) in [5, 5.41) is 3.30. The van der Waals surface area contributed by atoms with E-state index in [4.69, 9.17) is 9.47 Å². The number of carbonyl (C=O) groups is 3. The van der Waals surface area contributed by atoms with Crippen LogP contribution in [0.1, 0.15) is 18.0 Å². The Kier molecular flexibility index (Phi) is 13.4. The molecule has 0 aliphatic rings. The standard InChI is InChI=1S/C14H18BrNO5.C2H2Br2O/c1-19-11-5-4-9(6-12(11)20-2)10(7-14(18)21-3)16-13(17)8-15;3-1-2(4)5/h4-6,10H,7-8H2,1-3H3,(H,16,17);1H2/t10-;/m0./s1. The van der Waals surface area contributed by atoms with Crippen LogP contribution in [0, 0.1) is 0 Å². The van der Waals surface area contributed by atoms with Gasteiger partial charge in [0.2, 0.25) is 10.6 Å². The van der Waals surface area contributed by atoms with Crippen LogP contribution in [0.2, 0.25) is 0 Å². The second-order valence-electron chi connectivity index (χ2n) is 4.64. The van der Waals surface area contributed by atoms with E-state index in [9.17, 15) is 14.4 Å². The lowest BCUT2D eigenvalue weighted by Crippen LogP contribution is -2.31. The average molecular weight is 562 g/mol. The molecule has 0 unspecified atom stereocenters. The third-order valence-corrected chi connectivity index (χ3v) is 5.02. The second-order valence-corrected chi connectivity index (χ2v) is 6.64. The van der Waals surface area contributed by atoms with Crippen LogP contribution in [0.15, 0.2) is 18.2 Å². The predicted octanol–water partition coefficient (Wildman–Crippen LogP) is 3.12. The predicted molar refractivity (Wildman–Crippen MR) is 109 cm³/mol. The summed E-state index contributed by atoms with van der Waals surface area (Å²) in [5.74, 6) is 0.464. The normalized spacial score (nSPS) is 10.7. The fraction of sp³-hybridized carbons (Fsp3) is 0.438. The van der Waals surface area contributed by atoms with E-state index in [0.29, 0.717) is 16.8 Å². The highest BCUT2D eigenvalue weighted by Gasteiger charge is 2.20. The molecule has 1 rings (SSSR count). The Balaban J connectivity index is 0.00000110. The van der Waals surface area contributed by atoms with Crippen molar-refractivity contribution >= 4 is 64.4 Å². The molecule has 0 bridgehead atoms. The number of rotatable bonds is 8. The van der Waals surface area contributed by atoms with Gasteiger partial charge in [0.25, 0.3) is 0 Å². The van der Waals surface area contributed by atoms with Crippen LogP contribution in [-0.2, 0) is 19.1 Å². The van der Waals surface area contributed by atoms with Gasteiger partial charge in [0.15, 0.2) is 11.5 Å². The lowest BCUT2D eigenvalue weighted by atomic mass is 10.0. The monoisotopic (exact) mass is 559 g/mol. The van der Waals surface area contributed by atoms with Crippen LogP contribution < -0.4 is 14.8 Å². The van der Waals surface area contributed by atoms with Gasteiger partial charge in [0, 0.05) is 0 Å². The van der Waals surface area contributed by atoms with E-state index in [-0.39, 0.29) is 22.4 Å². The maximum absolute atomic E-state index is 11.6. The number of methoxy groups -OCH3 is 3. The fourth-order valence-electron chi connectivity index (χ4n) is 1.80. The van der Waals surface area contributed by atoms with E-state index in [1.807, 2.05) is 0 Å². The van der Waals surface area contributed by atoms with Crippen LogP contribution in [-0.4, -0.2) is 48.6 Å². The zero-order chi connectivity index (χ0) is 20.1. The molecule has 0 aromatic heterocycles. The molecule has 0 radical (unpaired) electrons. The summed E-state index contributed by atoms with van der Waals surface area (Å²) in [6, 6.07) is 4.71. The van der Waals surface area contributed by atoms with E-state index in [0.717, 1.165) is 5.56 Å². The Morgan fingerprint density at radius 2 is 1.62 bits per heavy atom. The first-order valence-corrected chi connectivity index (χ1v) is 10.2. The molecular weight excluding hydrogens is 542 g/mol. The summed E-state index contributed by atoms with van der Waals surface area (Å²) in [6.07, 6.45) is 0.0325. The van der Waals surface area contributed by atoms with Crippen molar-refractivity contribution in [1.82, 2.24) is 5.32 Å². The molecule has 1 atom stereocenters. The third-order valence-electron chi connectivity index (χ3n) is 2.97. The van der Waals surface area contributed by atoms with Crippen molar-refractivity contribution in [2.75, 3.05) is 32.0 Å². The molecule has 0 saturated carbocycles. The van der Waals surface area contributed by atoms with Crippen LogP contribution >= 0.6 is 47.8 Å². The zero-order valence-electron chi connectivity index (χ0n) is 14.5. The number of alkyl halides is 2. The third kappa shape index (κ3) is 9.54. The average Bonchev–Trinajstić information content (AvgIpc) is 2.66. The molecular formula is C16H20Br3NO6. The molecule has 1 aromatic rings. The van der Waals surface area contributed by atoms with Crippen molar-refractivity contribution in [3.8, 4) is 11.5 Å². The Morgan fingerprint density at radius 3 is 2.04 bits per heavy atom. The van der Waals surface area contributed by atoms with E-state index in [1.165, 1.54) is 21.3 Å². The van der Waals surface area contributed by atoms with Gasteiger partial charge < -0.3 is 19.5 Å². The Hall–Kier alpha value is -1.13. The number of esters is 1. The summed E-state index contributed by atoms with van der Waals surface area (Å²) in [5.41, 5.74) is 0.729. The number of amides is 1. The number of nitrogens with one attached hydrogen (secondary N) is 1. The highest BCUT2D eigenvalue weighted by atomic mass is 79.9. The first-order chi connectivity index (χ1) is 12.3. The van der Waals surface area contributed by atoms with Gasteiger partial charge in [-0.2, -0.15) is 0 Å². The fourth-order valence-corrected chi connectivity index (χ4v) is 1.97. The van der Waals surface area contributed by atoms with E-state index in [2.05, 4.69) is 57.8 Å². The quantitative estimate of drug-likeness (QED) is 0.298. The lowest BCUT2D eigenvalue weighted by molar-refractivity contribution is -0.141. The van der Waals surface area contributed by atoms with Crippen molar-refractivity contribution in [1.29, 1.82) is 0 Å². The number of halogens is 3. The first-order valence-electron chi connectivity index (χ1n) is 7.21. The van der Waals surface area contributed by atoms with Crippen molar-refractivity contribution in [2.24, 2.45) is 0 Å². The SMILES string of the molecule is COC(=O)C[C@H](NC(=O)CBr)c1ccc(OC)c(OC)c1.O=C(Br)CBr. The Labute approximate surface area is 177 Å². The minimum absolute atomic E-state index is 0.0162. The van der Waals surface area contributed by atoms with Gasteiger partial charge in [-0.1, -0.05) is 37.9 Å². The number of hydrogen-bond acceptors (Lipinski definition) is 6. The highest BCUT2D eigenvalue weighted by Crippen LogP contribution is 2.31. The molecule has 0 heterocycles. The number of hydrogen-bond donors (Lipinski definition) is 1. The topological polar surface area (TPSA) is 90.9 Å². The molecule has 0 aliphatic heterocycles. The van der Waals surface area contributed by atoms with E-state index in [1.54, 1.807) is 18.2 Å². The molecule has 26 heavy (non-hydrogen) atoms. The molecule has 1 aromatic carbocycles. The van der Waals surface area contributed by atoms with Gasteiger partial charge in [-0.25, -0.2) is 0 Å². The molecule has 0 saturated heterocycles. The number of ether oxygens (including phenoxy) is 3. The molecule has 1 N–H and O–H groups in total. The smallest absolute Gasteiger partial charge is 0.307 e. The van der Waals surface area contributed by atoms with Crippen LogP contribution in [0.25, 0.3) is 0 Å². The molecule has 146 valence electrons. The second kappa shape index (κ2) is 14.0. The van der Waals surface area contributed by atoms with Gasteiger partial charge in [0.05, 0.1) is 44.5 Å². The van der Waals surface area contributed by atoms with E-state index < -0.39 is 12.0 Å². The van der Waals surface area contributed by atoms with E-state index >= 15 is 0 Å². The summed E-state index contributed by atoms with van der Waals surface area (Å²) >= 11 is 8.68. The van der Waals surface area contributed by atoms with Crippen molar-refractivity contribution < 1.29 is 28.6 Å². The van der Waals surface area contributed by atoms with Gasteiger partial charge >= 0.3 is 5.97 Å². The molecule has 10 heteroatoms.